The molecule has 2 aliphatic rings. The monoisotopic (exact) mass is 706 g/mol. The molecule has 0 bridgehead atoms. The minimum absolute atomic E-state index is 0. The van der Waals surface area contributed by atoms with Gasteiger partial charge in [0.1, 0.15) is 11.2 Å². The second-order valence-electron chi connectivity index (χ2n) is 14.1. The Labute approximate surface area is 297 Å². The molecule has 0 aliphatic heterocycles. The molecule has 0 radical (unpaired) electrons. The van der Waals surface area contributed by atoms with Crippen LogP contribution in [0.2, 0.25) is 0 Å². The van der Waals surface area contributed by atoms with Crippen molar-refractivity contribution in [2.45, 2.75) is 102 Å². The first kappa shape index (κ1) is 43.2. The van der Waals surface area contributed by atoms with E-state index < -0.39 is 40.4 Å². The van der Waals surface area contributed by atoms with E-state index in [4.69, 9.17) is 19.4 Å². The molecule has 2 aliphatic carbocycles. The van der Waals surface area contributed by atoms with E-state index in [1.807, 2.05) is 67.8 Å². The highest BCUT2D eigenvalue weighted by atomic mass is 35.5. The summed E-state index contributed by atoms with van der Waals surface area (Å²) in [6, 6.07) is 13.9. The number of hydroxylamine groups is 2. The lowest BCUT2D eigenvalue weighted by Crippen LogP contribution is -2.52. The number of nitrogens with zero attached hydrogens (tertiary/aromatic N) is 1. The lowest BCUT2D eigenvalue weighted by atomic mass is 9.72. The van der Waals surface area contributed by atoms with Gasteiger partial charge < -0.3 is 30.5 Å². The van der Waals surface area contributed by atoms with Gasteiger partial charge in [-0.05, 0) is 130 Å². The number of hydrogen-bond donors (Lipinski definition) is 4. The van der Waals surface area contributed by atoms with Crippen molar-refractivity contribution in [3.8, 4) is 0 Å². The van der Waals surface area contributed by atoms with Crippen molar-refractivity contribution in [3.05, 3.63) is 70.8 Å². The van der Waals surface area contributed by atoms with Gasteiger partial charge >= 0.3 is 18.2 Å². The number of benzene rings is 2. The molecule has 2 aromatic rings. The van der Waals surface area contributed by atoms with Crippen LogP contribution in [0.5, 0.6) is 0 Å². The first-order valence-electron chi connectivity index (χ1n) is 16.2. The minimum atomic E-state index is -0.954. The standard InChI is InChI=1S/C18H26N2O4.C16H21NO4.C2H7N.ClH/c1-17(2,3)24-16(22)19-18(11-6-12-18)14-9-7-13(8-10-14)15(21)20(4)23-5;1-15(2,3)21-14(20)17-16(9-4-10-16)12-7-5-11(6-8-12)13(18)19;1-3-2;/h7-10H,6,11-12H2,1-5H3,(H,19,22);5-8H,4,9-10H2,1-3H3,(H,17,20)(H,18,19);3H,1-2H3;1H. The SMILES string of the molecule is CC(C)(C)OC(=O)NC1(c2ccc(C(=O)O)cc2)CCC1.CNC.CON(C)C(=O)c1ccc(C2(NC(=O)OC(C)(C)C)CCC2)cc1.Cl. The molecule has 0 saturated heterocycles. The third-order valence-corrected chi connectivity index (χ3v) is 7.82. The summed E-state index contributed by atoms with van der Waals surface area (Å²) in [5, 5.41) is 18.8. The summed E-state index contributed by atoms with van der Waals surface area (Å²) < 4.78 is 10.7. The van der Waals surface area contributed by atoms with Crippen LogP contribution < -0.4 is 16.0 Å². The van der Waals surface area contributed by atoms with Crippen molar-refractivity contribution in [1.29, 1.82) is 0 Å². The number of hydrogen-bond acceptors (Lipinski definition) is 8. The smallest absolute Gasteiger partial charge is 0.408 e. The van der Waals surface area contributed by atoms with E-state index in [9.17, 15) is 19.2 Å². The molecule has 0 aromatic heterocycles. The zero-order valence-electron chi connectivity index (χ0n) is 30.5. The molecule has 13 heteroatoms. The van der Waals surface area contributed by atoms with Gasteiger partial charge in [0.2, 0.25) is 0 Å². The van der Waals surface area contributed by atoms with E-state index in [1.165, 1.54) is 12.2 Å². The van der Waals surface area contributed by atoms with Crippen molar-refractivity contribution in [1.82, 2.24) is 21.0 Å². The second kappa shape index (κ2) is 18.2. The average molecular weight is 707 g/mol. The maximum Gasteiger partial charge on any atom is 0.408 e. The largest absolute Gasteiger partial charge is 0.478 e. The summed E-state index contributed by atoms with van der Waals surface area (Å²) in [5.41, 5.74) is 0.774. The predicted molar refractivity (Wildman–Crippen MR) is 191 cm³/mol. The van der Waals surface area contributed by atoms with Crippen molar-refractivity contribution < 1.29 is 38.6 Å². The topological polar surface area (TPSA) is 156 Å². The summed E-state index contributed by atoms with van der Waals surface area (Å²) >= 11 is 0. The Bertz CT molecular complexity index is 1380. The molecule has 4 rings (SSSR count). The average Bonchev–Trinajstić information content (AvgIpc) is 2.95. The van der Waals surface area contributed by atoms with Gasteiger partial charge in [-0.15, -0.1) is 12.4 Å². The number of nitrogens with one attached hydrogen (secondary N) is 3. The molecule has 12 nitrogen and oxygen atoms in total. The number of amides is 3. The van der Waals surface area contributed by atoms with Gasteiger partial charge in [-0.1, -0.05) is 24.3 Å². The molecule has 0 unspecified atom stereocenters. The number of rotatable bonds is 7. The molecular weight excluding hydrogens is 652 g/mol. The van der Waals surface area contributed by atoms with Crippen molar-refractivity contribution in [3.63, 3.8) is 0 Å². The fraction of sp³-hybridized carbons (Fsp3) is 0.556. The molecule has 0 heterocycles. The Morgan fingerprint density at radius 3 is 1.27 bits per heavy atom. The van der Waals surface area contributed by atoms with Crippen LogP contribution in [0.3, 0.4) is 0 Å². The normalized spacial score (nSPS) is 15.4. The predicted octanol–water partition coefficient (Wildman–Crippen LogP) is 6.77. The molecule has 274 valence electrons. The lowest BCUT2D eigenvalue weighted by Gasteiger charge is -2.43. The third kappa shape index (κ3) is 12.8. The highest BCUT2D eigenvalue weighted by Gasteiger charge is 2.42. The number of alkyl carbamates (subject to hydrolysis) is 2. The second-order valence-corrected chi connectivity index (χ2v) is 14.1. The van der Waals surface area contributed by atoms with Crippen LogP contribution in [0.1, 0.15) is 112 Å². The van der Waals surface area contributed by atoms with Crippen molar-refractivity contribution in [2.24, 2.45) is 0 Å². The molecule has 3 amide bonds. The molecule has 0 spiro atoms. The zero-order chi connectivity index (χ0) is 36.3. The zero-order valence-corrected chi connectivity index (χ0v) is 31.3. The quantitative estimate of drug-likeness (QED) is 0.228. The van der Waals surface area contributed by atoms with E-state index >= 15 is 0 Å². The summed E-state index contributed by atoms with van der Waals surface area (Å²) in [7, 11) is 6.76. The number of carbonyl (C=O) groups excluding carboxylic acids is 3. The number of ether oxygens (including phenoxy) is 2. The highest BCUT2D eigenvalue weighted by molar-refractivity contribution is 5.93. The summed E-state index contributed by atoms with van der Waals surface area (Å²) in [4.78, 5) is 52.0. The molecule has 2 aromatic carbocycles. The summed E-state index contributed by atoms with van der Waals surface area (Å²) in [5.74, 6) is -1.17. The Hall–Kier alpha value is -3.87. The maximum atomic E-state index is 12.1. The number of carboxylic acids is 1. The Morgan fingerprint density at radius 1 is 0.694 bits per heavy atom. The Balaban J connectivity index is 0.000000448. The van der Waals surface area contributed by atoms with Crippen LogP contribution in [0, 0.1) is 0 Å². The van der Waals surface area contributed by atoms with Gasteiger partial charge in [0.05, 0.1) is 23.8 Å². The Morgan fingerprint density at radius 2 is 1.02 bits per heavy atom. The summed E-state index contributed by atoms with van der Waals surface area (Å²) in [6.45, 7) is 11.0. The molecule has 49 heavy (non-hydrogen) atoms. The van der Waals surface area contributed by atoms with Crippen LogP contribution in [0.15, 0.2) is 48.5 Å². The number of aromatic carboxylic acids is 1. The van der Waals surface area contributed by atoms with E-state index in [2.05, 4.69) is 16.0 Å². The first-order valence-corrected chi connectivity index (χ1v) is 16.2. The highest BCUT2D eigenvalue weighted by Crippen LogP contribution is 2.42. The molecule has 2 fully saturated rings. The maximum absolute atomic E-state index is 12.1. The van der Waals surface area contributed by atoms with E-state index in [0.29, 0.717) is 5.56 Å². The number of carbonyl (C=O) groups is 4. The van der Waals surface area contributed by atoms with Crippen LogP contribution in [0.4, 0.5) is 9.59 Å². The van der Waals surface area contributed by atoms with E-state index in [-0.39, 0.29) is 23.9 Å². The van der Waals surface area contributed by atoms with Gasteiger partial charge in [0.25, 0.3) is 5.91 Å². The van der Waals surface area contributed by atoms with Gasteiger partial charge in [0.15, 0.2) is 0 Å². The van der Waals surface area contributed by atoms with Crippen LogP contribution in [-0.2, 0) is 25.4 Å². The Kier molecular flexibility index (Phi) is 16.0. The minimum Gasteiger partial charge on any atom is -0.478 e. The van der Waals surface area contributed by atoms with Crippen LogP contribution in [-0.4, -0.2) is 73.7 Å². The lowest BCUT2D eigenvalue weighted by molar-refractivity contribution is -0.0757. The van der Waals surface area contributed by atoms with Crippen molar-refractivity contribution in [2.75, 3.05) is 28.3 Å². The van der Waals surface area contributed by atoms with Crippen LogP contribution >= 0.6 is 12.4 Å². The molecule has 4 N–H and O–H groups in total. The van der Waals surface area contributed by atoms with Gasteiger partial charge in [-0.2, -0.15) is 0 Å². The number of halogens is 1. The van der Waals surface area contributed by atoms with Crippen molar-refractivity contribution >= 4 is 36.5 Å². The fourth-order valence-corrected chi connectivity index (χ4v) is 5.16. The van der Waals surface area contributed by atoms with Crippen LogP contribution in [0.25, 0.3) is 0 Å². The van der Waals surface area contributed by atoms with Gasteiger partial charge in [-0.3, -0.25) is 9.63 Å². The third-order valence-electron chi connectivity index (χ3n) is 7.82. The number of carboxylic acid groups (broad SMARTS) is 1. The summed E-state index contributed by atoms with van der Waals surface area (Å²) in [6.07, 6.45) is 4.59. The molecule has 0 atom stereocenters. The van der Waals surface area contributed by atoms with E-state index in [1.54, 1.807) is 43.4 Å². The van der Waals surface area contributed by atoms with Gasteiger partial charge in [-0.25, -0.2) is 19.4 Å². The molecule has 2 saturated carbocycles. The van der Waals surface area contributed by atoms with Gasteiger partial charge in [0, 0.05) is 12.6 Å². The first-order chi connectivity index (χ1) is 22.3. The molecular formula is C36H55ClN4O8. The van der Waals surface area contributed by atoms with E-state index in [0.717, 1.165) is 49.7 Å². The fourth-order valence-electron chi connectivity index (χ4n) is 5.16.